The number of hydrogen-bond acceptors (Lipinski definition) is 2. The van der Waals surface area contributed by atoms with Gasteiger partial charge in [0.1, 0.15) is 11.4 Å². The lowest BCUT2D eigenvalue weighted by molar-refractivity contribution is 0.414. The van der Waals surface area contributed by atoms with Gasteiger partial charge in [-0.15, -0.1) is 0 Å². The van der Waals surface area contributed by atoms with Crippen molar-refractivity contribution in [3.8, 4) is 33.8 Å². The molecule has 0 N–H and O–H groups in total. The zero-order valence-corrected chi connectivity index (χ0v) is 16.7. The maximum atomic E-state index is 5.39. The van der Waals surface area contributed by atoms with Crippen LogP contribution in [-0.2, 0) is 0 Å². The quantitative estimate of drug-likeness (QED) is 0.432. The second-order valence-electron chi connectivity index (χ2n) is 7.18. The Hall–Kier alpha value is -3.33. The van der Waals surface area contributed by atoms with Gasteiger partial charge in [-0.1, -0.05) is 54.1 Å². The Morgan fingerprint density at radius 1 is 0.821 bits per heavy atom. The first-order valence-corrected chi connectivity index (χ1v) is 9.44. The molecule has 0 fully saturated rings. The van der Waals surface area contributed by atoms with Gasteiger partial charge in [0, 0.05) is 23.4 Å². The molecule has 0 atom stereocenters. The van der Waals surface area contributed by atoms with Crippen molar-refractivity contribution in [3.05, 3.63) is 89.6 Å². The third kappa shape index (κ3) is 3.31. The van der Waals surface area contributed by atoms with Crippen LogP contribution in [0.15, 0.2) is 72.9 Å². The number of aryl methyl sites for hydroxylation is 3. The van der Waals surface area contributed by atoms with Crippen molar-refractivity contribution in [2.75, 3.05) is 7.11 Å². The summed E-state index contributed by atoms with van der Waals surface area (Å²) in [6, 6.07) is 22.9. The highest BCUT2D eigenvalue weighted by molar-refractivity contribution is 5.84. The van der Waals surface area contributed by atoms with E-state index in [0.29, 0.717) is 0 Å². The first-order chi connectivity index (χ1) is 13.6. The van der Waals surface area contributed by atoms with Crippen molar-refractivity contribution in [1.82, 2.24) is 9.78 Å². The van der Waals surface area contributed by atoms with Crippen molar-refractivity contribution >= 4 is 0 Å². The molecule has 3 heteroatoms. The number of ether oxygens (including phenoxy) is 1. The summed E-state index contributed by atoms with van der Waals surface area (Å²) in [5.74, 6) is 0.818. The normalized spacial score (nSPS) is 10.9. The summed E-state index contributed by atoms with van der Waals surface area (Å²) < 4.78 is 7.34. The standard InChI is InChI=1S/C25H24N2O/c1-17-13-18(2)24(19(3)14-17)25-23(20-9-6-5-7-10-20)16-27(26-25)21-11-8-12-22(15-21)28-4/h5-16H,1-4H3. The van der Waals surface area contributed by atoms with Gasteiger partial charge < -0.3 is 4.74 Å². The van der Waals surface area contributed by atoms with Crippen LogP contribution >= 0.6 is 0 Å². The predicted molar refractivity (Wildman–Crippen MR) is 115 cm³/mol. The third-order valence-electron chi connectivity index (χ3n) is 5.03. The van der Waals surface area contributed by atoms with Crippen LogP contribution in [0.2, 0.25) is 0 Å². The molecule has 0 saturated heterocycles. The number of rotatable bonds is 4. The summed E-state index contributed by atoms with van der Waals surface area (Å²) in [6.07, 6.45) is 2.11. The Labute approximate surface area is 166 Å². The predicted octanol–water partition coefficient (Wildman–Crippen LogP) is 6.14. The summed E-state index contributed by atoms with van der Waals surface area (Å²) in [5, 5.41) is 5.01. The topological polar surface area (TPSA) is 27.1 Å². The van der Waals surface area contributed by atoms with Crippen LogP contribution in [0.3, 0.4) is 0 Å². The molecule has 3 aromatic carbocycles. The molecule has 0 aliphatic heterocycles. The lowest BCUT2D eigenvalue weighted by atomic mass is 9.93. The van der Waals surface area contributed by atoms with E-state index in [9.17, 15) is 0 Å². The van der Waals surface area contributed by atoms with Gasteiger partial charge in [0.05, 0.1) is 12.8 Å². The minimum atomic E-state index is 0.818. The summed E-state index contributed by atoms with van der Waals surface area (Å²) in [6.45, 7) is 6.46. The molecule has 0 spiro atoms. The highest BCUT2D eigenvalue weighted by Crippen LogP contribution is 2.36. The summed E-state index contributed by atoms with van der Waals surface area (Å²) >= 11 is 0. The van der Waals surface area contributed by atoms with Crippen molar-refractivity contribution in [2.24, 2.45) is 0 Å². The van der Waals surface area contributed by atoms with E-state index in [1.165, 1.54) is 22.3 Å². The molecule has 3 nitrogen and oxygen atoms in total. The van der Waals surface area contributed by atoms with E-state index in [2.05, 4.69) is 63.4 Å². The minimum absolute atomic E-state index is 0.818. The zero-order valence-electron chi connectivity index (χ0n) is 16.7. The van der Waals surface area contributed by atoms with Gasteiger partial charge in [0.2, 0.25) is 0 Å². The molecule has 1 aromatic heterocycles. The first kappa shape index (κ1) is 18.1. The lowest BCUT2D eigenvalue weighted by Crippen LogP contribution is -1.97. The molecule has 0 aliphatic rings. The monoisotopic (exact) mass is 368 g/mol. The first-order valence-electron chi connectivity index (χ1n) is 9.44. The Morgan fingerprint density at radius 2 is 1.54 bits per heavy atom. The van der Waals surface area contributed by atoms with Gasteiger partial charge in [-0.25, -0.2) is 4.68 Å². The van der Waals surface area contributed by atoms with E-state index in [4.69, 9.17) is 9.84 Å². The van der Waals surface area contributed by atoms with E-state index in [-0.39, 0.29) is 0 Å². The van der Waals surface area contributed by atoms with Crippen LogP contribution in [0.25, 0.3) is 28.1 Å². The summed E-state index contributed by atoms with van der Waals surface area (Å²) in [4.78, 5) is 0. The fourth-order valence-electron chi connectivity index (χ4n) is 3.83. The van der Waals surface area contributed by atoms with Crippen molar-refractivity contribution in [2.45, 2.75) is 20.8 Å². The zero-order chi connectivity index (χ0) is 19.7. The Bertz CT molecular complexity index is 1100. The van der Waals surface area contributed by atoms with Gasteiger partial charge in [-0.3, -0.25) is 0 Å². The number of benzene rings is 3. The molecule has 140 valence electrons. The van der Waals surface area contributed by atoms with Crippen molar-refractivity contribution < 1.29 is 4.74 Å². The Morgan fingerprint density at radius 3 is 2.21 bits per heavy atom. The molecule has 0 radical (unpaired) electrons. The molecule has 4 rings (SSSR count). The van der Waals surface area contributed by atoms with E-state index >= 15 is 0 Å². The smallest absolute Gasteiger partial charge is 0.121 e. The molecule has 4 aromatic rings. The highest BCUT2D eigenvalue weighted by atomic mass is 16.5. The Balaban J connectivity index is 1.96. The molecule has 0 bridgehead atoms. The fraction of sp³-hybridized carbons (Fsp3) is 0.160. The van der Waals surface area contributed by atoms with Gasteiger partial charge >= 0.3 is 0 Å². The second-order valence-corrected chi connectivity index (χ2v) is 7.18. The lowest BCUT2D eigenvalue weighted by Gasteiger charge is -2.11. The molecule has 0 aliphatic carbocycles. The molecular weight excluding hydrogens is 344 g/mol. The van der Waals surface area contributed by atoms with Gasteiger partial charge in [0.15, 0.2) is 0 Å². The summed E-state index contributed by atoms with van der Waals surface area (Å²) in [7, 11) is 1.68. The molecule has 0 unspecified atom stereocenters. The van der Waals surface area contributed by atoms with Crippen LogP contribution < -0.4 is 4.74 Å². The van der Waals surface area contributed by atoms with E-state index in [1.54, 1.807) is 7.11 Å². The number of methoxy groups -OCH3 is 1. The largest absolute Gasteiger partial charge is 0.497 e. The van der Waals surface area contributed by atoms with E-state index in [0.717, 1.165) is 28.3 Å². The highest BCUT2D eigenvalue weighted by Gasteiger charge is 2.18. The summed E-state index contributed by atoms with van der Waals surface area (Å²) in [5.41, 5.74) is 9.22. The maximum Gasteiger partial charge on any atom is 0.121 e. The third-order valence-corrected chi connectivity index (χ3v) is 5.03. The molecule has 28 heavy (non-hydrogen) atoms. The fourth-order valence-corrected chi connectivity index (χ4v) is 3.83. The average Bonchev–Trinajstić information content (AvgIpc) is 3.13. The molecule has 0 saturated carbocycles. The van der Waals surface area contributed by atoms with Gasteiger partial charge in [0.25, 0.3) is 0 Å². The number of nitrogens with zero attached hydrogens (tertiary/aromatic N) is 2. The number of aromatic nitrogens is 2. The number of hydrogen-bond donors (Lipinski definition) is 0. The van der Waals surface area contributed by atoms with Crippen molar-refractivity contribution in [1.29, 1.82) is 0 Å². The van der Waals surface area contributed by atoms with Gasteiger partial charge in [-0.2, -0.15) is 5.10 Å². The van der Waals surface area contributed by atoms with Crippen LogP contribution in [0, 0.1) is 20.8 Å². The SMILES string of the molecule is COc1cccc(-n2cc(-c3ccccc3)c(-c3c(C)cc(C)cc3C)n2)c1. The molecular formula is C25H24N2O. The minimum Gasteiger partial charge on any atom is -0.497 e. The van der Waals surface area contributed by atoms with Crippen LogP contribution in [-0.4, -0.2) is 16.9 Å². The van der Waals surface area contributed by atoms with Crippen LogP contribution in [0.5, 0.6) is 5.75 Å². The van der Waals surface area contributed by atoms with E-state index in [1.807, 2.05) is 35.0 Å². The van der Waals surface area contributed by atoms with Crippen molar-refractivity contribution in [3.63, 3.8) is 0 Å². The average molecular weight is 368 g/mol. The molecule has 1 heterocycles. The second kappa shape index (κ2) is 7.35. The molecule has 0 amide bonds. The maximum absolute atomic E-state index is 5.39. The van der Waals surface area contributed by atoms with Gasteiger partial charge in [-0.05, 0) is 49.6 Å². The Kier molecular flexibility index (Phi) is 4.74. The van der Waals surface area contributed by atoms with E-state index < -0.39 is 0 Å². The van der Waals surface area contributed by atoms with Crippen LogP contribution in [0.1, 0.15) is 16.7 Å². The van der Waals surface area contributed by atoms with Crippen LogP contribution in [0.4, 0.5) is 0 Å².